The molecule has 0 aromatic carbocycles. The van der Waals surface area contributed by atoms with Gasteiger partial charge in [0, 0.05) is 5.41 Å². The Kier molecular flexibility index (Phi) is 6.02. The van der Waals surface area contributed by atoms with Crippen molar-refractivity contribution >= 4 is 11.8 Å². The summed E-state index contributed by atoms with van der Waals surface area (Å²) in [5.41, 5.74) is -0.196. The Bertz CT molecular complexity index is 163. The molecule has 15 heavy (non-hydrogen) atoms. The van der Waals surface area contributed by atoms with Crippen LogP contribution in [-0.2, 0) is 0 Å². The van der Waals surface area contributed by atoms with Crippen molar-refractivity contribution in [3.8, 4) is 0 Å². The van der Waals surface area contributed by atoms with Crippen molar-refractivity contribution in [1.29, 1.82) is 0 Å². The molecular formula is C12H24O2S. The minimum Gasteiger partial charge on any atom is -0.396 e. The van der Waals surface area contributed by atoms with E-state index in [0.717, 1.165) is 17.9 Å². The largest absolute Gasteiger partial charge is 0.396 e. The van der Waals surface area contributed by atoms with Crippen LogP contribution in [0.4, 0.5) is 0 Å². The lowest BCUT2D eigenvalue weighted by Crippen LogP contribution is -2.37. The van der Waals surface area contributed by atoms with Gasteiger partial charge in [0.2, 0.25) is 0 Å². The van der Waals surface area contributed by atoms with Crippen molar-refractivity contribution in [1.82, 2.24) is 0 Å². The summed E-state index contributed by atoms with van der Waals surface area (Å²) in [5.74, 6) is 2.73. The van der Waals surface area contributed by atoms with E-state index < -0.39 is 0 Å². The van der Waals surface area contributed by atoms with Gasteiger partial charge >= 0.3 is 0 Å². The van der Waals surface area contributed by atoms with E-state index in [1.54, 1.807) is 0 Å². The molecule has 0 atom stereocenters. The molecule has 3 heteroatoms. The summed E-state index contributed by atoms with van der Waals surface area (Å²) < 4.78 is 0. The monoisotopic (exact) mass is 232 g/mol. The molecule has 2 N–H and O–H groups in total. The molecule has 1 rings (SSSR count). The second-order valence-corrected chi connectivity index (χ2v) is 6.00. The highest BCUT2D eigenvalue weighted by molar-refractivity contribution is 7.99. The van der Waals surface area contributed by atoms with Gasteiger partial charge in [-0.05, 0) is 36.7 Å². The number of thioether (sulfide) groups is 1. The summed E-state index contributed by atoms with van der Waals surface area (Å²) in [7, 11) is 0. The molecule has 0 spiro atoms. The molecule has 1 saturated carbocycles. The van der Waals surface area contributed by atoms with Crippen molar-refractivity contribution in [3.63, 3.8) is 0 Å². The second kappa shape index (κ2) is 6.77. The maximum absolute atomic E-state index is 9.57. The fourth-order valence-electron chi connectivity index (χ4n) is 2.63. The Morgan fingerprint density at radius 2 is 1.80 bits per heavy atom. The second-order valence-electron chi connectivity index (χ2n) is 4.61. The molecule has 0 unspecified atom stereocenters. The zero-order valence-electron chi connectivity index (χ0n) is 9.74. The number of rotatable bonds is 7. The highest BCUT2D eigenvalue weighted by Gasteiger charge is 2.38. The van der Waals surface area contributed by atoms with Gasteiger partial charge in [-0.2, -0.15) is 11.8 Å². The molecule has 1 fully saturated rings. The molecule has 0 aliphatic heterocycles. The van der Waals surface area contributed by atoms with E-state index in [1.165, 1.54) is 25.7 Å². The predicted octanol–water partition coefficient (Wildman–Crippen LogP) is 2.29. The Morgan fingerprint density at radius 1 is 1.20 bits per heavy atom. The van der Waals surface area contributed by atoms with Crippen molar-refractivity contribution < 1.29 is 10.2 Å². The van der Waals surface area contributed by atoms with Crippen LogP contribution in [-0.4, -0.2) is 34.9 Å². The maximum Gasteiger partial charge on any atom is 0.0512 e. The Balaban J connectivity index is 2.50. The molecule has 2 nitrogen and oxygen atoms in total. The summed E-state index contributed by atoms with van der Waals surface area (Å²) in [6.45, 7) is 2.46. The normalized spacial score (nSPS) is 18.6. The Morgan fingerprint density at radius 3 is 2.27 bits per heavy atom. The fourth-order valence-corrected chi connectivity index (χ4v) is 3.47. The van der Waals surface area contributed by atoms with Crippen molar-refractivity contribution in [2.24, 2.45) is 11.3 Å². The van der Waals surface area contributed by atoms with Crippen LogP contribution in [0.25, 0.3) is 0 Å². The molecule has 0 aromatic rings. The molecule has 90 valence electrons. The zero-order valence-corrected chi connectivity index (χ0v) is 10.6. The average molecular weight is 232 g/mol. The predicted molar refractivity (Wildman–Crippen MR) is 66.2 cm³/mol. The molecule has 0 radical (unpaired) electrons. The molecule has 0 heterocycles. The van der Waals surface area contributed by atoms with Crippen LogP contribution in [0.3, 0.4) is 0 Å². The SMILES string of the molecule is CCSCCC(CO)(CO)C1CCCC1. The van der Waals surface area contributed by atoms with Gasteiger partial charge < -0.3 is 10.2 Å². The van der Waals surface area contributed by atoms with Gasteiger partial charge in [-0.3, -0.25) is 0 Å². The molecular weight excluding hydrogens is 208 g/mol. The lowest BCUT2D eigenvalue weighted by Gasteiger charge is -2.36. The van der Waals surface area contributed by atoms with E-state index in [4.69, 9.17) is 0 Å². The Hall–Kier alpha value is 0.270. The molecule has 0 amide bonds. The van der Waals surface area contributed by atoms with Crippen LogP contribution in [0, 0.1) is 11.3 Å². The number of aliphatic hydroxyl groups excluding tert-OH is 2. The number of hydrogen-bond acceptors (Lipinski definition) is 3. The number of aliphatic hydroxyl groups is 2. The highest BCUT2D eigenvalue weighted by Crippen LogP contribution is 2.42. The lowest BCUT2D eigenvalue weighted by atomic mass is 9.73. The molecule has 1 aliphatic rings. The minimum absolute atomic E-state index is 0.151. The van der Waals surface area contributed by atoms with Crippen LogP contribution < -0.4 is 0 Å². The topological polar surface area (TPSA) is 40.5 Å². The first kappa shape index (κ1) is 13.3. The summed E-state index contributed by atoms with van der Waals surface area (Å²) in [4.78, 5) is 0. The van der Waals surface area contributed by atoms with Crippen molar-refractivity contribution in [2.45, 2.75) is 39.0 Å². The third kappa shape index (κ3) is 3.36. The first-order valence-corrected chi connectivity index (χ1v) is 7.24. The summed E-state index contributed by atoms with van der Waals surface area (Å²) in [6.07, 6.45) is 5.89. The number of hydrogen-bond donors (Lipinski definition) is 2. The average Bonchev–Trinajstić information content (AvgIpc) is 2.79. The van der Waals surface area contributed by atoms with Gasteiger partial charge in [-0.15, -0.1) is 0 Å². The fraction of sp³-hybridized carbons (Fsp3) is 1.00. The summed E-state index contributed by atoms with van der Waals surface area (Å²) in [5, 5.41) is 19.1. The minimum atomic E-state index is -0.196. The van der Waals surface area contributed by atoms with Crippen LogP contribution in [0.15, 0.2) is 0 Å². The van der Waals surface area contributed by atoms with Gasteiger partial charge in [-0.1, -0.05) is 19.8 Å². The van der Waals surface area contributed by atoms with Crippen LogP contribution >= 0.6 is 11.8 Å². The quantitative estimate of drug-likeness (QED) is 0.662. The van der Waals surface area contributed by atoms with Gasteiger partial charge in [0.25, 0.3) is 0 Å². The van der Waals surface area contributed by atoms with Gasteiger partial charge in [0.05, 0.1) is 13.2 Å². The van der Waals surface area contributed by atoms with E-state index in [2.05, 4.69) is 6.92 Å². The van der Waals surface area contributed by atoms with Crippen LogP contribution in [0.5, 0.6) is 0 Å². The molecule has 0 saturated heterocycles. The molecule has 0 aromatic heterocycles. The van der Waals surface area contributed by atoms with E-state index in [9.17, 15) is 10.2 Å². The van der Waals surface area contributed by atoms with Crippen LogP contribution in [0.1, 0.15) is 39.0 Å². The van der Waals surface area contributed by atoms with Gasteiger partial charge in [0.15, 0.2) is 0 Å². The van der Waals surface area contributed by atoms with Gasteiger partial charge in [-0.25, -0.2) is 0 Å². The molecule has 0 bridgehead atoms. The Labute approximate surface area is 97.5 Å². The summed E-state index contributed by atoms with van der Waals surface area (Å²) in [6, 6.07) is 0. The third-order valence-corrected chi connectivity index (χ3v) is 4.70. The van der Waals surface area contributed by atoms with E-state index >= 15 is 0 Å². The van der Waals surface area contributed by atoms with Crippen molar-refractivity contribution in [3.05, 3.63) is 0 Å². The van der Waals surface area contributed by atoms with E-state index in [-0.39, 0.29) is 18.6 Å². The lowest BCUT2D eigenvalue weighted by molar-refractivity contribution is 0.00336. The highest BCUT2D eigenvalue weighted by atomic mass is 32.2. The first-order valence-electron chi connectivity index (χ1n) is 6.08. The van der Waals surface area contributed by atoms with Crippen molar-refractivity contribution in [2.75, 3.05) is 24.7 Å². The third-order valence-electron chi connectivity index (χ3n) is 3.80. The van der Waals surface area contributed by atoms with Gasteiger partial charge in [0.1, 0.15) is 0 Å². The van der Waals surface area contributed by atoms with E-state index in [1.807, 2.05) is 11.8 Å². The van der Waals surface area contributed by atoms with E-state index in [0.29, 0.717) is 5.92 Å². The maximum atomic E-state index is 9.57. The standard InChI is InChI=1S/C12H24O2S/c1-2-15-8-7-12(9-13,10-14)11-5-3-4-6-11/h11,13-14H,2-10H2,1H3. The summed E-state index contributed by atoms with van der Waals surface area (Å²) >= 11 is 1.90. The first-order chi connectivity index (χ1) is 7.29. The van der Waals surface area contributed by atoms with Crippen LogP contribution in [0.2, 0.25) is 0 Å². The molecule has 1 aliphatic carbocycles. The smallest absolute Gasteiger partial charge is 0.0512 e. The zero-order chi connectivity index (χ0) is 11.1.